The normalized spacial score (nSPS) is 18.7. The summed E-state index contributed by atoms with van der Waals surface area (Å²) >= 11 is 0. The number of carbonyl (C=O) groups excluding carboxylic acids is 2. The van der Waals surface area contributed by atoms with Crippen LogP contribution in [-0.2, 0) is 9.53 Å². The molecule has 0 saturated carbocycles. The van der Waals surface area contributed by atoms with Gasteiger partial charge in [0.15, 0.2) is 0 Å². The van der Waals surface area contributed by atoms with E-state index in [4.69, 9.17) is 9.47 Å². The van der Waals surface area contributed by atoms with E-state index in [1.807, 2.05) is 26.8 Å². The Bertz CT molecular complexity index is 746. The molecule has 6 nitrogen and oxygen atoms in total. The Morgan fingerprint density at radius 1 is 1.24 bits per heavy atom. The van der Waals surface area contributed by atoms with Crippen molar-refractivity contribution in [3.63, 3.8) is 0 Å². The van der Waals surface area contributed by atoms with E-state index in [0.717, 1.165) is 11.1 Å². The van der Waals surface area contributed by atoms with E-state index in [1.54, 1.807) is 18.1 Å². The van der Waals surface area contributed by atoms with Crippen LogP contribution in [0.2, 0.25) is 0 Å². The molecule has 1 fully saturated rings. The fourth-order valence-corrected chi connectivity index (χ4v) is 3.36. The Hall–Kier alpha value is -2.34. The molecule has 0 bridgehead atoms. The van der Waals surface area contributed by atoms with Crippen LogP contribution < -0.4 is 10.1 Å². The summed E-state index contributed by atoms with van der Waals surface area (Å²) in [6.45, 7) is 7.86. The second kappa shape index (κ2) is 6.52. The maximum Gasteiger partial charge on any atom is 0.295 e. The Balaban J connectivity index is 2.03. The van der Waals surface area contributed by atoms with Crippen LogP contribution in [0.4, 0.5) is 5.69 Å². The first-order valence-corrected chi connectivity index (χ1v) is 8.44. The molecule has 25 heavy (non-hydrogen) atoms. The first-order chi connectivity index (χ1) is 11.8. The number of ether oxygens (including phenoxy) is 2. The Labute approximate surface area is 147 Å². The van der Waals surface area contributed by atoms with E-state index in [9.17, 15) is 9.59 Å². The average molecular weight is 344 g/mol. The predicted octanol–water partition coefficient (Wildman–Crippen LogP) is 2.34. The number of fused-ring (bicyclic) bond motifs is 1. The number of rotatable bonds is 3. The van der Waals surface area contributed by atoms with Gasteiger partial charge in [0.05, 0.1) is 37.1 Å². The van der Waals surface area contributed by atoms with Crippen molar-refractivity contribution in [1.29, 1.82) is 0 Å². The summed E-state index contributed by atoms with van der Waals surface area (Å²) in [4.78, 5) is 27.2. The monoisotopic (exact) mass is 344 g/mol. The fraction of sp³-hybridized carbons (Fsp3) is 0.474. The van der Waals surface area contributed by atoms with Crippen LogP contribution in [0.1, 0.15) is 36.7 Å². The zero-order chi connectivity index (χ0) is 18.2. The third-order valence-electron chi connectivity index (χ3n) is 4.53. The van der Waals surface area contributed by atoms with Gasteiger partial charge in [-0.1, -0.05) is 6.08 Å². The number of Topliss-reactive ketones (excluding diaryl/α,β-unsaturated/α-hetero) is 1. The molecule has 0 radical (unpaired) electrons. The van der Waals surface area contributed by atoms with Crippen LogP contribution in [0.15, 0.2) is 18.2 Å². The fourth-order valence-electron chi connectivity index (χ4n) is 3.36. The third-order valence-corrected chi connectivity index (χ3v) is 4.53. The van der Waals surface area contributed by atoms with Crippen LogP contribution in [0.25, 0.3) is 5.57 Å². The van der Waals surface area contributed by atoms with Gasteiger partial charge in [0, 0.05) is 18.7 Å². The molecule has 0 aliphatic carbocycles. The number of hydrogen-bond acceptors (Lipinski definition) is 5. The standard InChI is InChI=1S/C19H24N2O4/c1-12-11-19(2,3)20-16-14(12)9-13(24-4)10-15(16)17(22)18(23)21-5-7-25-8-6-21/h9-11,20H,5-8H2,1-4H3. The topological polar surface area (TPSA) is 67.9 Å². The molecule has 2 heterocycles. The van der Waals surface area contributed by atoms with Crippen LogP contribution in [0.3, 0.4) is 0 Å². The maximum absolute atomic E-state index is 13.0. The van der Waals surface area contributed by atoms with Gasteiger partial charge < -0.3 is 19.7 Å². The van der Waals surface area contributed by atoms with E-state index < -0.39 is 11.7 Å². The number of ketones is 1. The van der Waals surface area contributed by atoms with Gasteiger partial charge in [-0.25, -0.2) is 0 Å². The molecular formula is C19H24N2O4. The lowest BCUT2D eigenvalue weighted by Crippen LogP contribution is -2.44. The Morgan fingerprint density at radius 3 is 2.56 bits per heavy atom. The number of anilines is 1. The van der Waals surface area contributed by atoms with Crippen molar-refractivity contribution >= 4 is 23.0 Å². The highest BCUT2D eigenvalue weighted by atomic mass is 16.5. The number of benzene rings is 1. The summed E-state index contributed by atoms with van der Waals surface area (Å²) in [5, 5.41) is 3.38. The number of allylic oxidation sites excluding steroid dienone is 1. The van der Waals surface area contributed by atoms with Crippen molar-refractivity contribution in [2.24, 2.45) is 0 Å². The molecule has 1 amide bonds. The summed E-state index contributed by atoms with van der Waals surface area (Å²) < 4.78 is 10.6. The number of hydrogen-bond donors (Lipinski definition) is 1. The summed E-state index contributed by atoms with van der Waals surface area (Å²) in [6, 6.07) is 3.53. The van der Waals surface area contributed by atoms with Gasteiger partial charge in [0.1, 0.15) is 5.75 Å². The number of carbonyl (C=O) groups is 2. The summed E-state index contributed by atoms with van der Waals surface area (Å²) in [5.41, 5.74) is 2.68. The highest BCUT2D eigenvalue weighted by molar-refractivity contribution is 6.44. The molecule has 0 aromatic heterocycles. The van der Waals surface area contributed by atoms with E-state index in [2.05, 4.69) is 11.4 Å². The van der Waals surface area contributed by atoms with Gasteiger partial charge in [0.25, 0.3) is 11.7 Å². The zero-order valence-electron chi connectivity index (χ0n) is 15.1. The van der Waals surface area contributed by atoms with Crippen LogP contribution in [-0.4, -0.2) is 55.5 Å². The first-order valence-electron chi connectivity index (χ1n) is 8.44. The molecule has 1 aromatic rings. The molecule has 1 N–H and O–H groups in total. The number of amides is 1. The zero-order valence-corrected chi connectivity index (χ0v) is 15.1. The molecule has 1 saturated heterocycles. The molecule has 2 aliphatic heterocycles. The minimum absolute atomic E-state index is 0.303. The Kier molecular flexibility index (Phi) is 4.56. The average Bonchev–Trinajstić information content (AvgIpc) is 2.59. The summed E-state index contributed by atoms with van der Waals surface area (Å²) in [6.07, 6.45) is 2.10. The highest BCUT2D eigenvalue weighted by Crippen LogP contribution is 2.39. The summed E-state index contributed by atoms with van der Waals surface area (Å²) in [5.74, 6) is -0.452. The Morgan fingerprint density at radius 2 is 1.92 bits per heavy atom. The molecule has 3 rings (SSSR count). The maximum atomic E-state index is 13.0. The number of morpholine rings is 1. The van der Waals surface area contributed by atoms with Crippen molar-refractivity contribution in [2.75, 3.05) is 38.7 Å². The predicted molar refractivity (Wildman–Crippen MR) is 96.1 cm³/mol. The molecule has 0 unspecified atom stereocenters. The second-order valence-corrected chi connectivity index (χ2v) is 7.01. The molecule has 6 heteroatoms. The van der Waals surface area contributed by atoms with Crippen molar-refractivity contribution in [3.05, 3.63) is 29.3 Å². The van der Waals surface area contributed by atoms with Gasteiger partial charge >= 0.3 is 0 Å². The van der Waals surface area contributed by atoms with Crippen molar-refractivity contribution in [3.8, 4) is 5.75 Å². The SMILES string of the molecule is COc1cc(C(=O)C(=O)N2CCOCC2)c2c(c1)C(C)=CC(C)(C)N2. The van der Waals surface area contributed by atoms with Gasteiger partial charge in [-0.2, -0.15) is 0 Å². The van der Waals surface area contributed by atoms with E-state index >= 15 is 0 Å². The lowest BCUT2D eigenvalue weighted by molar-refractivity contribution is -0.130. The van der Waals surface area contributed by atoms with Gasteiger partial charge in [-0.15, -0.1) is 0 Å². The lowest BCUT2D eigenvalue weighted by Gasteiger charge is -2.33. The lowest BCUT2D eigenvalue weighted by atomic mass is 9.88. The van der Waals surface area contributed by atoms with Crippen molar-refractivity contribution in [2.45, 2.75) is 26.3 Å². The molecular weight excluding hydrogens is 320 g/mol. The number of nitrogens with zero attached hydrogens (tertiary/aromatic N) is 1. The highest BCUT2D eigenvalue weighted by Gasteiger charge is 2.32. The molecule has 134 valence electrons. The quantitative estimate of drug-likeness (QED) is 0.673. The smallest absolute Gasteiger partial charge is 0.295 e. The van der Waals surface area contributed by atoms with E-state index in [0.29, 0.717) is 43.3 Å². The minimum atomic E-state index is -0.518. The van der Waals surface area contributed by atoms with Gasteiger partial charge in [0.2, 0.25) is 0 Å². The first kappa shape index (κ1) is 17.5. The largest absolute Gasteiger partial charge is 0.497 e. The van der Waals surface area contributed by atoms with Gasteiger partial charge in [-0.05, 0) is 38.5 Å². The molecule has 0 spiro atoms. The van der Waals surface area contributed by atoms with Crippen LogP contribution >= 0.6 is 0 Å². The van der Waals surface area contributed by atoms with Crippen molar-refractivity contribution in [1.82, 2.24) is 4.90 Å². The van der Waals surface area contributed by atoms with Gasteiger partial charge in [-0.3, -0.25) is 9.59 Å². The van der Waals surface area contributed by atoms with Crippen LogP contribution in [0.5, 0.6) is 5.75 Å². The van der Waals surface area contributed by atoms with Crippen molar-refractivity contribution < 1.29 is 19.1 Å². The number of methoxy groups -OCH3 is 1. The molecule has 1 aromatic carbocycles. The third kappa shape index (κ3) is 3.39. The van der Waals surface area contributed by atoms with E-state index in [-0.39, 0.29) is 5.54 Å². The second-order valence-electron chi connectivity index (χ2n) is 7.01. The van der Waals surface area contributed by atoms with Crippen LogP contribution in [0, 0.1) is 0 Å². The minimum Gasteiger partial charge on any atom is -0.497 e. The summed E-state index contributed by atoms with van der Waals surface area (Å²) in [7, 11) is 1.55. The number of nitrogens with one attached hydrogen (secondary N) is 1. The molecule has 0 atom stereocenters. The van der Waals surface area contributed by atoms with E-state index in [1.165, 1.54) is 0 Å². The molecule has 2 aliphatic rings.